The molecule has 8 nitrogen and oxygen atoms in total. The van der Waals surface area contributed by atoms with E-state index in [1.165, 1.54) is 25.7 Å². The number of sulfonamides is 1. The van der Waals surface area contributed by atoms with Gasteiger partial charge in [-0.3, -0.25) is 4.79 Å². The van der Waals surface area contributed by atoms with Crippen molar-refractivity contribution >= 4 is 15.9 Å². The Balaban J connectivity index is 0.904. The second-order valence-corrected chi connectivity index (χ2v) is 16.5. The average molecular weight is 544 g/mol. The van der Waals surface area contributed by atoms with Gasteiger partial charge < -0.3 is 14.6 Å². The van der Waals surface area contributed by atoms with Crippen LogP contribution in [-0.2, 0) is 14.8 Å². The molecule has 9 heteroatoms. The first-order valence-corrected chi connectivity index (χ1v) is 16.5. The molecule has 7 fully saturated rings. The molecule has 0 spiro atoms. The zero-order chi connectivity index (χ0) is 25.9. The minimum Gasteiger partial charge on any atom is -0.385 e. The molecule has 1 N–H and O–H groups in total. The van der Waals surface area contributed by atoms with Gasteiger partial charge in [-0.2, -0.15) is 0 Å². The van der Waals surface area contributed by atoms with Gasteiger partial charge in [0.25, 0.3) is 5.91 Å². The van der Waals surface area contributed by atoms with E-state index in [0.717, 1.165) is 76.3 Å². The Morgan fingerprint density at radius 3 is 2.66 bits per heavy atom. The number of carbonyl (C=O) groups excluding carboxylic acids is 1. The molecule has 9 atom stereocenters. The highest BCUT2D eigenvalue weighted by Gasteiger charge is 2.74. The number of nitrogens with zero attached hydrogens (tertiary/aromatic N) is 2. The third-order valence-corrected chi connectivity index (χ3v) is 14.8. The minimum absolute atomic E-state index is 0.103. The van der Waals surface area contributed by atoms with Crippen molar-refractivity contribution in [3.63, 3.8) is 0 Å². The lowest BCUT2D eigenvalue weighted by molar-refractivity contribution is -0.109. The van der Waals surface area contributed by atoms with Crippen LogP contribution in [0.4, 0.5) is 0 Å². The van der Waals surface area contributed by atoms with Gasteiger partial charge in [0.15, 0.2) is 5.69 Å². The Morgan fingerprint density at radius 1 is 1.13 bits per heavy atom. The predicted octanol–water partition coefficient (Wildman–Crippen LogP) is 3.94. The van der Waals surface area contributed by atoms with Crippen LogP contribution in [0.2, 0.25) is 0 Å². The molecule has 1 aromatic heterocycles. The first-order chi connectivity index (χ1) is 18.3. The van der Waals surface area contributed by atoms with E-state index in [4.69, 9.17) is 9.26 Å². The molecule has 1 amide bonds. The number of methoxy groups -OCH3 is 1. The topological polar surface area (TPSA) is 102 Å². The molecule has 6 unspecified atom stereocenters. The number of rotatable bonds is 9. The van der Waals surface area contributed by atoms with Crippen LogP contribution in [0, 0.1) is 40.9 Å². The van der Waals surface area contributed by atoms with Gasteiger partial charge in [-0.25, -0.2) is 12.7 Å². The standard InChI is InChI=1S/C29H41N3O5S/c1-36-6-2-5-28-11-17-7-23(28)21(12-28)16-32(15-17)38(34,35)29-13-19-8-22(9-20(14-29)26(19)29)30-27(33)24-10-25(37-31-24)18-3-4-18/h10,17-23,26H,2-9,11-16H2,1H3,(H,30,33)/t17?,19-,20+,21?,22-,23?,26?,28?,29?. The SMILES string of the molecule is COCCCC12CC3CC1C(CN(S(=O)(=O)C14C[C@H]5C[C@@H](NC(=O)c6cc(C7CC7)on6)C[C@@H](C1)C54)C3)C2. The fourth-order valence-corrected chi connectivity index (χ4v) is 13.5. The van der Waals surface area contributed by atoms with Gasteiger partial charge in [0.1, 0.15) is 5.76 Å². The summed E-state index contributed by atoms with van der Waals surface area (Å²) in [4.78, 5) is 12.8. The number of nitrogens with one attached hydrogen (secondary N) is 1. The number of amides is 1. The molecule has 0 radical (unpaired) electrons. The maximum absolute atomic E-state index is 14.2. The first-order valence-electron chi connectivity index (χ1n) is 15.1. The van der Waals surface area contributed by atoms with E-state index in [2.05, 4.69) is 10.5 Å². The van der Waals surface area contributed by atoms with Crippen LogP contribution in [0.3, 0.4) is 0 Å². The number of carbonyl (C=O) groups is 1. The highest BCUT2D eigenvalue weighted by Crippen LogP contribution is 2.71. The van der Waals surface area contributed by atoms with Crippen molar-refractivity contribution in [1.82, 2.24) is 14.8 Å². The molecule has 2 bridgehead atoms. The van der Waals surface area contributed by atoms with Gasteiger partial charge in [-0.1, -0.05) is 5.16 Å². The number of hydrogen-bond donors (Lipinski definition) is 1. The summed E-state index contributed by atoms with van der Waals surface area (Å²) < 4.78 is 40.5. The second kappa shape index (κ2) is 8.29. The third kappa shape index (κ3) is 3.36. The summed E-state index contributed by atoms with van der Waals surface area (Å²) in [5, 5.41) is 7.19. The quantitative estimate of drug-likeness (QED) is 0.474. The summed E-state index contributed by atoms with van der Waals surface area (Å²) >= 11 is 0. The molecular weight excluding hydrogens is 502 g/mol. The smallest absolute Gasteiger partial charge is 0.273 e. The first kappa shape index (κ1) is 24.4. The summed E-state index contributed by atoms with van der Waals surface area (Å²) in [5.41, 5.74) is 0.849. The van der Waals surface area contributed by atoms with E-state index in [9.17, 15) is 13.2 Å². The van der Waals surface area contributed by atoms with Crippen molar-refractivity contribution in [2.24, 2.45) is 40.9 Å². The predicted molar refractivity (Wildman–Crippen MR) is 140 cm³/mol. The molecule has 7 aliphatic rings. The van der Waals surface area contributed by atoms with E-state index >= 15 is 0 Å². The van der Waals surface area contributed by atoms with Crippen LogP contribution in [-0.4, -0.2) is 61.4 Å². The monoisotopic (exact) mass is 543 g/mol. The molecule has 0 aromatic carbocycles. The Morgan fingerprint density at radius 2 is 1.92 bits per heavy atom. The lowest BCUT2D eigenvalue weighted by atomic mass is 9.42. The average Bonchev–Trinajstić information content (AvgIpc) is 3.52. The normalized spacial score (nSPS) is 44.8. The largest absolute Gasteiger partial charge is 0.385 e. The van der Waals surface area contributed by atoms with Gasteiger partial charge in [0.2, 0.25) is 10.0 Å². The van der Waals surface area contributed by atoms with Crippen molar-refractivity contribution in [3.8, 4) is 0 Å². The highest BCUT2D eigenvalue weighted by atomic mass is 32.2. The van der Waals surface area contributed by atoms with Crippen molar-refractivity contribution in [2.75, 3.05) is 26.8 Å². The molecule has 208 valence electrons. The zero-order valence-corrected chi connectivity index (χ0v) is 23.3. The molecule has 1 saturated heterocycles. The van der Waals surface area contributed by atoms with Crippen LogP contribution in [0.1, 0.15) is 92.8 Å². The summed E-state index contributed by atoms with van der Waals surface area (Å²) in [7, 11) is -1.52. The van der Waals surface area contributed by atoms with E-state index < -0.39 is 14.8 Å². The summed E-state index contributed by atoms with van der Waals surface area (Å²) in [5.74, 6) is 3.99. The fraction of sp³-hybridized carbons (Fsp3) is 0.862. The van der Waals surface area contributed by atoms with Crippen molar-refractivity contribution in [2.45, 2.75) is 87.3 Å². The lowest BCUT2D eigenvalue weighted by Crippen LogP contribution is -2.75. The van der Waals surface area contributed by atoms with Crippen molar-refractivity contribution in [3.05, 3.63) is 17.5 Å². The molecule has 6 saturated carbocycles. The van der Waals surface area contributed by atoms with Gasteiger partial charge in [-0.05, 0) is 112 Å². The Kier molecular flexibility index (Phi) is 5.31. The lowest BCUT2D eigenvalue weighted by Gasteiger charge is -2.70. The third-order valence-electron chi connectivity index (χ3n) is 12.2. The van der Waals surface area contributed by atoms with Crippen molar-refractivity contribution in [1.29, 1.82) is 0 Å². The maximum Gasteiger partial charge on any atom is 0.273 e. The van der Waals surface area contributed by atoms with Crippen molar-refractivity contribution < 1.29 is 22.5 Å². The van der Waals surface area contributed by atoms with Gasteiger partial charge in [0.05, 0.1) is 4.75 Å². The van der Waals surface area contributed by atoms with E-state index in [1.54, 1.807) is 13.2 Å². The molecule has 2 heterocycles. The maximum atomic E-state index is 14.2. The Hall–Kier alpha value is -1.45. The minimum atomic E-state index is -3.30. The van der Waals surface area contributed by atoms with E-state index in [1.807, 2.05) is 4.31 Å². The van der Waals surface area contributed by atoms with Crippen LogP contribution in [0.5, 0.6) is 0 Å². The van der Waals surface area contributed by atoms with Crippen LogP contribution < -0.4 is 5.32 Å². The zero-order valence-electron chi connectivity index (χ0n) is 22.4. The van der Waals surface area contributed by atoms with Crippen LogP contribution in [0.25, 0.3) is 0 Å². The summed E-state index contributed by atoms with van der Waals surface area (Å²) in [6, 6.07) is 1.90. The Bertz CT molecular complexity index is 1220. The molecular formula is C29H41N3O5S. The number of hydrogen-bond acceptors (Lipinski definition) is 6. The summed E-state index contributed by atoms with van der Waals surface area (Å²) in [6.45, 7) is 2.33. The van der Waals surface area contributed by atoms with E-state index in [0.29, 0.717) is 40.7 Å². The number of aromatic nitrogens is 1. The molecule has 1 aromatic rings. The van der Waals surface area contributed by atoms with Gasteiger partial charge in [0, 0.05) is 44.8 Å². The fourth-order valence-electron chi connectivity index (χ4n) is 10.6. The number of fused-ring (bicyclic) bond motifs is 1. The van der Waals surface area contributed by atoms with Gasteiger partial charge in [-0.15, -0.1) is 0 Å². The Labute approximate surface area is 225 Å². The molecule has 1 aliphatic heterocycles. The molecule has 8 rings (SSSR count). The molecule has 6 aliphatic carbocycles. The second-order valence-electron chi connectivity index (χ2n) is 14.2. The van der Waals surface area contributed by atoms with Crippen LogP contribution in [0.15, 0.2) is 10.6 Å². The number of ether oxygens (including phenoxy) is 1. The van der Waals surface area contributed by atoms with Gasteiger partial charge >= 0.3 is 0 Å². The summed E-state index contributed by atoms with van der Waals surface area (Å²) in [6.07, 6.45) is 11.6. The van der Waals surface area contributed by atoms with E-state index in [-0.39, 0.29) is 17.9 Å². The van der Waals surface area contributed by atoms with Crippen LogP contribution >= 0.6 is 0 Å². The molecule has 38 heavy (non-hydrogen) atoms. The highest BCUT2D eigenvalue weighted by molar-refractivity contribution is 7.90.